The molecule has 0 fully saturated rings. The minimum absolute atomic E-state index is 0.0431. The quantitative estimate of drug-likeness (QED) is 0.379. The van der Waals surface area contributed by atoms with Crippen molar-refractivity contribution in [2.45, 2.75) is 26.3 Å². The van der Waals surface area contributed by atoms with Gasteiger partial charge in [-0.2, -0.15) is 0 Å². The fourth-order valence-electron chi connectivity index (χ4n) is 2.41. The van der Waals surface area contributed by atoms with Crippen molar-refractivity contribution in [3.8, 4) is 0 Å². The zero-order valence-electron chi connectivity index (χ0n) is 16.6. The topological polar surface area (TPSA) is 128 Å². The number of nitro benzene ring substituents is 1. The van der Waals surface area contributed by atoms with Crippen molar-refractivity contribution >= 4 is 29.2 Å². The molecule has 1 amide bonds. The molecule has 0 aromatic heterocycles. The van der Waals surface area contributed by atoms with E-state index in [4.69, 9.17) is 4.74 Å². The van der Waals surface area contributed by atoms with E-state index in [1.54, 1.807) is 25.9 Å². The predicted molar refractivity (Wildman–Crippen MR) is 101 cm³/mol. The summed E-state index contributed by atoms with van der Waals surface area (Å²) in [5.74, 6) is -2.34. The molecular weight excluding hydrogens is 370 g/mol. The standard InChI is InChI=1S/C18H25N3O7/c1-6-11(2)16(18(24)27-5)19-15(22)10-28-17(23)13-9-12(21(25)26)7-8-14(13)20(3)4/h7-9,11,16H,6,10H2,1-5H3,(H,19,22)/t11-,16+/m0/s1. The largest absolute Gasteiger partial charge is 0.467 e. The van der Waals surface area contributed by atoms with Crippen LogP contribution in [0, 0.1) is 16.0 Å². The van der Waals surface area contributed by atoms with Gasteiger partial charge in [-0.15, -0.1) is 0 Å². The van der Waals surface area contributed by atoms with Crippen molar-refractivity contribution in [3.63, 3.8) is 0 Å². The average molecular weight is 395 g/mol. The highest BCUT2D eigenvalue weighted by atomic mass is 16.6. The van der Waals surface area contributed by atoms with Crippen LogP contribution >= 0.6 is 0 Å². The summed E-state index contributed by atoms with van der Waals surface area (Å²) < 4.78 is 9.67. The van der Waals surface area contributed by atoms with E-state index in [9.17, 15) is 24.5 Å². The molecule has 0 radical (unpaired) electrons. The number of carbonyl (C=O) groups is 3. The van der Waals surface area contributed by atoms with Crippen molar-refractivity contribution in [1.82, 2.24) is 5.32 Å². The number of anilines is 1. The third-order valence-corrected chi connectivity index (χ3v) is 4.21. The van der Waals surface area contributed by atoms with Gasteiger partial charge in [0.05, 0.1) is 23.3 Å². The SMILES string of the molecule is CC[C@H](C)[C@@H](NC(=O)COC(=O)c1cc([N+](=O)[O-])ccc1N(C)C)C(=O)OC. The Morgan fingerprint density at radius 2 is 1.93 bits per heavy atom. The zero-order valence-corrected chi connectivity index (χ0v) is 16.6. The Bertz CT molecular complexity index is 749. The number of nitro groups is 1. The van der Waals surface area contributed by atoms with Crippen molar-refractivity contribution in [2.24, 2.45) is 5.92 Å². The van der Waals surface area contributed by atoms with Crippen molar-refractivity contribution in [2.75, 3.05) is 32.7 Å². The van der Waals surface area contributed by atoms with Gasteiger partial charge in [0.15, 0.2) is 6.61 Å². The van der Waals surface area contributed by atoms with E-state index >= 15 is 0 Å². The molecule has 0 saturated heterocycles. The minimum atomic E-state index is -0.888. The van der Waals surface area contributed by atoms with Crippen LogP contribution in [0.4, 0.5) is 11.4 Å². The van der Waals surface area contributed by atoms with Gasteiger partial charge in [0, 0.05) is 26.2 Å². The second kappa shape index (κ2) is 10.2. The van der Waals surface area contributed by atoms with Gasteiger partial charge in [-0.3, -0.25) is 14.9 Å². The first kappa shape index (κ1) is 22.9. The molecule has 0 aliphatic heterocycles. The number of benzene rings is 1. The van der Waals surface area contributed by atoms with Crippen molar-refractivity contribution in [1.29, 1.82) is 0 Å². The molecule has 10 heteroatoms. The number of hydrogen-bond acceptors (Lipinski definition) is 8. The second-order valence-corrected chi connectivity index (χ2v) is 6.38. The Morgan fingerprint density at radius 3 is 2.43 bits per heavy atom. The first-order valence-electron chi connectivity index (χ1n) is 8.62. The maximum absolute atomic E-state index is 12.4. The molecule has 0 bridgehead atoms. The van der Waals surface area contributed by atoms with Crippen molar-refractivity contribution < 1.29 is 28.8 Å². The molecule has 0 saturated carbocycles. The number of non-ortho nitro benzene ring substituents is 1. The number of rotatable bonds is 9. The molecule has 2 atom stereocenters. The summed E-state index contributed by atoms with van der Waals surface area (Å²) in [6.45, 7) is 3.00. The monoisotopic (exact) mass is 395 g/mol. The fourth-order valence-corrected chi connectivity index (χ4v) is 2.41. The van der Waals surface area contributed by atoms with Gasteiger partial charge in [0.2, 0.25) is 0 Å². The number of esters is 2. The summed E-state index contributed by atoms with van der Waals surface area (Å²) in [7, 11) is 4.55. The van der Waals surface area contributed by atoms with E-state index in [2.05, 4.69) is 10.1 Å². The van der Waals surface area contributed by atoms with E-state index in [0.717, 1.165) is 6.07 Å². The predicted octanol–water partition coefficient (Wildman–Crippen LogP) is 1.52. The van der Waals surface area contributed by atoms with Crippen LogP contribution in [0.3, 0.4) is 0 Å². The number of ether oxygens (including phenoxy) is 2. The lowest BCUT2D eigenvalue weighted by atomic mass is 9.99. The van der Waals surface area contributed by atoms with Crippen molar-refractivity contribution in [3.05, 3.63) is 33.9 Å². The number of hydrogen-bond donors (Lipinski definition) is 1. The lowest BCUT2D eigenvalue weighted by molar-refractivity contribution is -0.384. The van der Waals surface area contributed by atoms with Gasteiger partial charge in [-0.25, -0.2) is 9.59 Å². The number of nitrogens with one attached hydrogen (secondary N) is 1. The van der Waals surface area contributed by atoms with Gasteiger partial charge in [0.1, 0.15) is 6.04 Å². The number of methoxy groups -OCH3 is 1. The Morgan fingerprint density at radius 1 is 1.29 bits per heavy atom. The molecule has 0 heterocycles. The fraction of sp³-hybridized carbons (Fsp3) is 0.500. The lowest BCUT2D eigenvalue weighted by Gasteiger charge is -2.21. The highest BCUT2D eigenvalue weighted by Gasteiger charge is 2.27. The Kier molecular flexibility index (Phi) is 8.36. The second-order valence-electron chi connectivity index (χ2n) is 6.38. The van der Waals surface area contributed by atoms with Crippen LogP contribution in [-0.4, -0.2) is 56.6 Å². The first-order chi connectivity index (χ1) is 13.1. The summed E-state index contributed by atoms with van der Waals surface area (Å²) in [5, 5.41) is 13.4. The minimum Gasteiger partial charge on any atom is -0.467 e. The highest BCUT2D eigenvalue weighted by molar-refractivity contribution is 5.98. The van der Waals surface area contributed by atoms with E-state index in [1.165, 1.54) is 19.2 Å². The van der Waals surface area contributed by atoms with E-state index in [-0.39, 0.29) is 17.2 Å². The van der Waals surface area contributed by atoms with Gasteiger partial charge >= 0.3 is 11.9 Å². The molecule has 0 aliphatic carbocycles. The van der Waals surface area contributed by atoms with Gasteiger partial charge < -0.3 is 19.7 Å². The van der Waals surface area contributed by atoms with E-state index in [0.29, 0.717) is 12.1 Å². The Balaban J connectivity index is 2.88. The molecule has 1 aromatic carbocycles. The molecule has 1 rings (SSSR count). The van der Waals surface area contributed by atoms with E-state index in [1.807, 2.05) is 6.92 Å². The average Bonchev–Trinajstić information content (AvgIpc) is 2.68. The molecular formula is C18H25N3O7. The highest BCUT2D eigenvalue weighted by Crippen LogP contribution is 2.25. The van der Waals surface area contributed by atoms with Crippen LogP contribution < -0.4 is 10.2 Å². The van der Waals surface area contributed by atoms with Crippen LogP contribution in [0.15, 0.2) is 18.2 Å². The Hall–Kier alpha value is -3.17. The third-order valence-electron chi connectivity index (χ3n) is 4.21. The van der Waals surface area contributed by atoms with E-state index < -0.39 is 35.4 Å². The van der Waals surface area contributed by atoms with Crippen LogP contribution in [0.1, 0.15) is 30.6 Å². The summed E-state index contributed by atoms with van der Waals surface area (Å²) in [6, 6.07) is 2.92. The molecule has 0 aliphatic rings. The number of carbonyl (C=O) groups excluding carboxylic acids is 3. The maximum Gasteiger partial charge on any atom is 0.341 e. The zero-order chi connectivity index (χ0) is 21.4. The van der Waals surface area contributed by atoms with Crippen LogP contribution in [0.2, 0.25) is 0 Å². The molecule has 1 aromatic rings. The number of amides is 1. The summed E-state index contributed by atoms with van der Waals surface area (Å²) >= 11 is 0. The summed E-state index contributed by atoms with van der Waals surface area (Å²) in [4.78, 5) is 48.2. The molecule has 1 N–H and O–H groups in total. The van der Waals surface area contributed by atoms with Gasteiger partial charge in [-0.05, 0) is 12.0 Å². The molecule has 28 heavy (non-hydrogen) atoms. The maximum atomic E-state index is 12.4. The smallest absolute Gasteiger partial charge is 0.341 e. The molecule has 154 valence electrons. The van der Waals surface area contributed by atoms with Crippen LogP contribution in [-0.2, 0) is 19.1 Å². The molecule has 0 unspecified atom stereocenters. The first-order valence-corrected chi connectivity index (χ1v) is 8.62. The molecule has 0 spiro atoms. The van der Waals surface area contributed by atoms with Gasteiger partial charge in [-0.1, -0.05) is 20.3 Å². The summed E-state index contributed by atoms with van der Waals surface area (Å²) in [6.07, 6.45) is 0.625. The Labute approximate surface area is 162 Å². The van der Waals surface area contributed by atoms with Gasteiger partial charge in [0.25, 0.3) is 11.6 Å². The third kappa shape index (κ3) is 5.93. The summed E-state index contributed by atoms with van der Waals surface area (Å²) in [5.41, 5.74) is 0.0889. The van der Waals surface area contributed by atoms with Crippen LogP contribution in [0.25, 0.3) is 0 Å². The van der Waals surface area contributed by atoms with Crippen LogP contribution in [0.5, 0.6) is 0 Å². The lowest BCUT2D eigenvalue weighted by Crippen LogP contribution is -2.47. The molecule has 10 nitrogen and oxygen atoms in total. The normalized spacial score (nSPS) is 12.5. The number of nitrogens with zero attached hydrogens (tertiary/aromatic N) is 2.